The summed E-state index contributed by atoms with van der Waals surface area (Å²) in [5.41, 5.74) is 6.16. The number of hydrogen-bond donors (Lipinski definition) is 2. The monoisotopic (exact) mass is 233 g/mol. The number of aromatic amines is 1. The van der Waals surface area contributed by atoms with Gasteiger partial charge in [0.25, 0.3) is 11.6 Å². The highest BCUT2D eigenvalue weighted by Gasteiger charge is 2.21. The number of aromatic nitrogens is 3. The van der Waals surface area contributed by atoms with Gasteiger partial charge in [-0.1, -0.05) is 6.07 Å². The van der Waals surface area contributed by atoms with Crippen molar-refractivity contribution in [3.8, 4) is 5.82 Å². The van der Waals surface area contributed by atoms with Gasteiger partial charge in [-0.2, -0.15) is 0 Å². The van der Waals surface area contributed by atoms with Crippen molar-refractivity contribution in [1.82, 2.24) is 10.1 Å². The van der Waals surface area contributed by atoms with E-state index in [1.54, 1.807) is 25.3 Å². The zero-order chi connectivity index (χ0) is 12.3. The summed E-state index contributed by atoms with van der Waals surface area (Å²) in [5, 5.41) is 2.86. The minimum absolute atomic E-state index is 0.280. The number of rotatable bonds is 3. The van der Waals surface area contributed by atoms with E-state index in [0.29, 0.717) is 18.0 Å². The second-order valence-corrected chi connectivity index (χ2v) is 3.32. The smallest absolute Gasteiger partial charge is 0.346 e. The first kappa shape index (κ1) is 11.1. The maximum Gasteiger partial charge on any atom is 0.346 e. The third-order valence-corrected chi connectivity index (χ3v) is 2.23. The first-order valence-corrected chi connectivity index (χ1v) is 5.21. The number of anilines is 1. The molecule has 6 nitrogen and oxygen atoms in total. The summed E-state index contributed by atoms with van der Waals surface area (Å²) < 4.78 is 6.41. The van der Waals surface area contributed by atoms with Crippen molar-refractivity contribution in [1.29, 1.82) is 0 Å². The van der Waals surface area contributed by atoms with E-state index in [1.165, 1.54) is 10.9 Å². The molecule has 2 aromatic heterocycles. The van der Waals surface area contributed by atoms with E-state index in [1.807, 2.05) is 6.07 Å². The third kappa shape index (κ3) is 2.10. The molecule has 17 heavy (non-hydrogen) atoms. The van der Waals surface area contributed by atoms with Crippen LogP contribution in [0.3, 0.4) is 0 Å². The largest absolute Gasteiger partial charge is 0.462 e. The molecule has 0 amide bonds. The molecule has 2 heterocycles. The number of H-pyrrole nitrogens is 1. The highest BCUT2D eigenvalue weighted by Crippen LogP contribution is 2.08. The predicted octanol–water partition coefficient (Wildman–Crippen LogP) is 0.445. The molecule has 0 saturated heterocycles. The molecule has 0 aliphatic rings. The van der Waals surface area contributed by atoms with Crippen LogP contribution < -0.4 is 10.4 Å². The third-order valence-electron chi connectivity index (χ3n) is 2.23. The van der Waals surface area contributed by atoms with Crippen molar-refractivity contribution in [2.75, 3.05) is 12.3 Å². The van der Waals surface area contributed by atoms with Crippen LogP contribution in [-0.2, 0) is 4.74 Å². The number of carbonyl (C=O) groups excluding carboxylic acids is 1. The molecule has 0 saturated carbocycles. The Morgan fingerprint density at radius 1 is 1.59 bits per heavy atom. The Morgan fingerprint density at radius 3 is 3.06 bits per heavy atom. The van der Waals surface area contributed by atoms with Crippen LogP contribution in [-0.4, -0.2) is 22.7 Å². The zero-order valence-corrected chi connectivity index (χ0v) is 9.38. The van der Waals surface area contributed by atoms with Gasteiger partial charge < -0.3 is 10.5 Å². The second-order valence-electron chi connectivity index (χ2n) is 3.32. The Kier molecular flexibility index (Phi) is 3.04. The minimum atomic E-state index is -0.448. The number of hydrogen-bond acceptors (Lipinski definition) is 4. The number of nitrogens with one attached hydrogen (secondary N) is 1. The Hall–Kier alpha value is -2.37. The average molecular weight is 233 g/mol. The fourth-order valence-corrected chi connectivity index (χ4v) is 1.44. The van der Waals surface area contributed by atoms with Crippen LogP contribution in [0.5, 0.6) is 0 Å². The van der Waals surface area contributed by atoms with Gasteiger partial charge in [0.2, 0.25) is 0 Å². The summed E-state index contributed by atoms with van der Waals surface area (Å²) in [5.74, 6) is 0.443. The molecule has 0 fully saturated rings. The van der Waals surface area contributed by atoms with E-state index in [4.69, 9.17) is 10.5 Å². The van der Waals surface area contributed by atoms with Crippen molar-refractivity contribution in [2.24, 2.45) is 0 Å². The van der Waals surface area contributed by atoms with Crippen molar-refractivity contribution >= 4 is 11.8 Å². The van der Waals surface area contributed by atoms with E-state index in [9.17, 15) is 4.79 Å². The topological polar surface area (TPSA) is 84.9 Å². The summed E-state index contributed by atoms with van der Waals surface area (Å²) in [6, 6.07) is 5.41. The summed E-state index contributed by atoms with van der Waals surface area (Å²) >= 11 is 0. The second kappa shape index (κ2) is 4.65. The molecular weight excluding hydrogens is 220 g/mol. The number of pyridine rings is 1. The van der Waals surface area contributed by atoms with Gasteiger partial charge in [-0.25, -0.2) is 4.79 Å². The van der Waals surface area contributed by atoms with Crippen LogP contribution in [0.25, 0.3) is 5.82 Å². The summed E-state index contributed by atoms with van der Waals surface area (Å²) in [4.78, 5) is 15.7. The van der Waals surface area contributed by atoms with E-state index < -0.39 is 5.97 Å². The number of esters is 1. The van der Waals surface area contributed by atoms with E-state index in [-0.39, 0.29) is 5.82 Å². The maximum atomic E-state index is 11.6. The zero-order valence-electron chi connectivity index (χ0n) is 9.38. The Balaban J connectivity index is 2.37. The SMILES string of the molecule is CCOC(=O)c1c[nH][n+](-c2ccccn2)c1N. The molecule has 0 aliphatic carbocycles. The molecule has 88 valence electrons. The van der Waals surface area contributed by atoms with Gasteiger partial charge in [0.15, 0.2) is 5.56 Å². The first-order valence-electron chi connectivity index (χ1n) is 5.21. The quantitative estimate of drug-likeness (QED) is 0.595. The van der Waals surface area contributed by atoms with E-state index >= 15 is 0 Å². The van der Waals surface area contributed by atoms with Gasteiger partial charge >= 0.3 is 5.97 Å². The summed E-state index contributed by atoms with van der Waals surface area (Å²) in [7, 11) is 0. The number of nitrogens with zero attached hydrogens (tertiary/aromatic N) is 2. The lowest BCUT2D eigenvalue weighted by atomic mass is 10.3. The Bertz CT molecular complexity index is 522. The van der Waals surface area contributed by atoms with Crippen molar-refractivity contribution < 1.29 is 14.2 Å². The standard InChI is InChI=1S/C11H12N4O2/c1-2-17-11(16)8-7-14-15(10(8)12)9-5-3-4-6-13-9/h3-7H,2H2,1H3,(H2,12,14,16)/p+1. The van der Waals surface area contributed by atoms with Gasteiger partial charge in [0.1, 0.15) is 6.20 Å². The lowest BCUT2D eigenvalue weighted by Crippen LogP contribution is -2.36. The Morgan fingerprint density at radius 2 is 2.41 bits per heavy atom. The summed E-state index contributed by atoms with van der Waals surface area (Å²) in [6.45, 7) is 2.06. The molecule has 2 rings (SSSR count). The fraction of sp³-hybridized carbons (Fsp3) is 0.182. The normalized spacial score (nSPS) is 10.2. The van der Waals surface area contributed by atoms with Gasteiger partial charge in [-0.15, -0.1) is 9.67 Å². The lowest BCUT2D eigenvalue weighted by Gasteiger charge is -1.98. The molecule has 0 atom stereocenters. The number of nitrogens with two attached hydrogens (primary N) is 1. The van der Waals surface area contributed by atoms with E-state index in [0.717, 1.165) is 0 Å². The van der Waals surface area contributed by atoms with Crippen LogP contribution in [0.2, 0.25) is 0 Å². The number of ether oxygens (including phenoxy) is 1. The van der Waals surface area contributed by atoms with Gasteiger partial charge in [0, 0.05) is 6.07 Å². The van der Waals surface area contributed by atoms with Crippen LogP contribution in [0, 0.1) is 0 Å². The van der Waals surface area contributed by atoms with Gasteiger partial charge in [-0.05, 0) is 13.0 Å². The van der Waals surface area contributed by atoms with Crippen molar-refractivity contribution in [2.45, 2.75) is 6.92 Å². The van der Waals surface area contributed by atoms with Crippen molar-refractivity contribution in [3.05, 3.63) is 36.2 Å². The molecule has 0 aromatic carbocycles. The lowest BCUT2D eigenvalue weighted by molar-refractivity contribution is -0.644. The van der Waals surface area contributed by atoms with Crippen LogP contribution >= 0.6 is 0 Å². The fourth-order valence-electron chi connectivity index (χ4n) is 1.44. The molecule has 0 bridgehead atoms. The average Bonchev–Trinajstić information content (AvgIpc) is 2.72. The van der Waals surface area contributed by atoms with Crippen molar-refractivity contribution in [3.63, 3.8) is 0 Å². The molecule has 0 radical (unpaired) electrons. The highest BCUT2D eigenvalue weighted by atomic mass is 16.5. The molecule has 0 unspecified atom stereocenters. The maximum absolute atomic E-state index is 11.6. The Labute approximate surface area is 98.0 Å². The summed E-state index contributed by atoms with van der Waals surface area (Å²) in [6.07, 6.45) is 3.15. The van der Waals surface area contributed by atoms with E-state index in [2.05, 4.69) is 10.1 Å². The van der Waals surface area contributed by atoms with Crippen LogP contribution in [0.15, 0.2) is 30.6 Å². The molecular formula is C11H13N4O2+. The minimum Gasteiger partial charge on any atom is -0.462 e. The van der Waals surface area contributed by atoms with Crippen LogP contribution in [0.4, 0.5) is 5.82 Å². The molecule has 0 aliphatic heterocycles. The molecule has 0 spiro atoms. The van der Waals surface area contributed by atoms with Crippen LogP contribution in [0.1, 0.15) is 17.3 Å². The van der Waals surface area contributed by atoms with Gasteiger partial charge in [-0.3, -0.25) is 5.10 Å². The predicted molar refractivity (Wildman–Crippen MR) is 60.5 cm³/mol. The number of carbonyl (C=O) groups is 1. The highest BCUT2D eigenvalue weighted by molar-refractivity contribution is 5.93. The molecule has 2 aromatic rings. The number of nitrogen functional groups attached to an aromatic ring is 1. The molecule has 6 heteroatoms. The molecule has 3 N–H and O–H groups in total. The van der Waals surface area contributed by atoms with Gasteiger partial charge in [0.05, 0.1) is 12.8 Å². The first-order chi connectivity index (χ1) is 8.24.